The first-order valence-electron chi connectivity index (χ1n) is 16.6. The Balaban J connectivity index is 1.27. The van der Waals surface area contributed by atoms with Crippen LogP contribution in [0.4, 0.5) is 22.7 Å². The lowest BCUT2D eigenvalue weighted by atomic mass is 10.0. The minimum absolute atomic E-state index is 0.0603. The molecule has 0 fully saturated rings. The SMILES string of the molecule is O=C(Oc1ccc(Cc2ccc(OC(=O)c3ccccc3)c(C=NNc3ccc([N+](=O)[O-])cc3)c2)cc1C=NNc1ccc([N+](=O)[O-])cc1)c1ccccc1. The van der Waals surface area contributed by atoms with Gasteiger partial charge < -0.3 is 9.47 Å². The maximum Gasteiger partial charge on any atom is 0.343 e. The molecule has 6 rings (SSSR count). The van der Waals surface area contributed by atoms with Gasteiger partial charge >= 0.3 is 11.9 Å². The number of hydrogen-bond acceptors (Lipinski definition) is 12. The molecule has 14 heteroatoms. The normalized spacial score (nSPS) is 10.9. The van der Waals surface area contributed by atoms with Crippen molar-refractivity contribution in [1.82, 2.24) is 0 Å². The largest absolute Gasteiger partial charge is 0.422 e. The summed E-state index contributed by atoms with van der Waals surface area (Å²) in [5.74, 6) is -0.614. The van der Waals surface area contributed by atoms with E-state index in [1.54, 1.807) is 72.8 Å². The van der Waals surface area contributed by atoms with Crippen molar-refractivity contribution in [2.75, 3.05) is 10.9 Å². The van der Waals surface area contributed by atoms with E-state index in [0.29, 0.717) is 40.0 Å². The highest BCUT2D eigenvalue weighted by molar-refractivity contribution is 5.94. The number of nitro benzene ring substituents is 2. The number of rotatable bonds is 14. The van der Waals surface area contributed by atoms with Gasteiger partial charge in [-0.2, -0.15) is 10.2 Å². The van der Waals surface area contributed by atoms with Gasteiger partial charge in [-0.25, -0.2) is 9.59 Å². The Labute approximate surface area is 313 Å². The number of hydrazone groups is 2. The van der Waals surface area contributed by atoms with E-state index in [4.69, 9.17) is 9.47 Å². The van der Waals surface area contributed by atoms with Gasteiger partial charge in [0.2, 0.25) is 0 Å². The summed E-state index contributed by atoms with van der Waals surface area (Å²) in [5, 5.41) is 30.6. The lowest BCUT2D eigenvalue weighted by molar-refractivity contribution is -0.385. The van der Waals surface area contributed by atoms with Crippen LogP contribution in [0.15, 0.2) is 156 Å². The third-order valence-corrected chi connectivity index (χ3v) is 7.93. The Morgan fingerprint density at radius 1 is 0.545 bits per heavy atom. The quantitative estimate of drug-likeness (QED) is 0.0361. The van der Waals surface area contributed by atoms with E-state index in [1.807, 2.05) is 24.3 Å². The number of nitrogens with zero attached hydrogens (tertiary/aromatic N) is 4. The van der Waals surface area contributed by atoms with Gasteiger partial charge in [-0.15, -0.1) is 0 Å². The summed E-state index contributed by atoms with van der Waals surface area (Å²) in [6.45, 7) is 0. The van der Waals surface area contributed by atoms with E-state index >= 15 is 0 Å². The zero-order chi connectivity index (χ0) is 38.6. The number of nitro groups is 2. The summed E-state index contributed by atoms with van der Waals surface area (Å²) >= 11 is 0. The number of hydrogen-bond donors (Lipinski definition) is 2. The molecular formula is C41H30N6O8. The molecule has 55 heavy (non-hydrogen) atoms. The molecule has 0 unspecified atom stereocenters. The highest BCUT2D eigenvalue weighted by Gasteiger charge is 2.15. The minimum Gasteiger partial charge on any atom is -0.422 e. The third-order valence-electron chi connectivity index (χ3n) is 7.93. The fourth-order valence-corrected chi connectivity index (χ4v) is 5.17. The fourth-order valence-electron chi connectivity index (χ4n) is 5.17. The summed E-state index contributed by atoms with van der Waals surface area (Å²) in [6, 6.07) is 39.1. The molecule has 0 aromatic heterocycles. The first-order valence-corrected chi connectivity index (χ1v) is 16.6. The van der Waals surface area contributed by atoms with Crippen LogP contribution in [-0.4, -0.2) is 34.2 Å². The molecule has 0 aliphatic heterocycles. The van der Waals surface area contributed by atoms with Crippen molar-refractivity contribution in [1.29, 1.82) is 0 Å². The van der Waals surface area contributed by atoms with Crippen LogP contribution in [0.5, 0.6) is 11.5 Å². The van der Waals surface area contributed by atoms with Gasteiger partial charge in [0.25, 0.3) is 11.4 Å². The molecule has 6 aromatic rings. The van der Waals surface area contributed by atoms with Crippen LogP contribution in [0, 0.1) is 20.2 Å². The summed E-state index contributed by atoms with van der Waals surface area (Å²) in [7, 11) is 0. The molecule has 0 saturated heterocycles. The standard InChI is InChI=1S/C41H30N6O8/c48-40(30-7-3-1-4-8-30)54-38-21-11-28(24-32(38)26-42-44-34-13-17-36(18-14-34)46(50)51)23-29-12-22-39(55-41(49)31-9-5-2-6-10-31)33(25-29)27-43-45-35-15-19-37(20-16-35)47(52)53/h1-22,24-27,44-45H,23H2. The number of non-ortho nitro benzene ring substituents is 2. The van der Waals surface area contributed by atoms with Gasteiger partial charge in [-0.3, -0.25) is 31.1 Å². The molecule has 2 N–H and O–H groups in total. The number of carbonyl (C=O) groups excluding carboxylic acids is 2. The van der Waals surface area contributed by atoms with Crippen molar-refractivity contribution in [3.63, 3.8) is 0 Å². The van der Waals surface area contributed by atoms with Crippen LogP contribution in [0.3, 0.4) is 0 Å². The molecule has 0 aliphatic carbocycles. The van der Waals surface area contributed by atoms with E-state index < -0.39 is 21.8 Å². The second-order valence-electron chi connectivity index (χ2n) is 11.8. The van der Waals surface area contributed by atoms with Crippen molar-refractivity contribution in [2.24, 2.45) is 10.2 Å². The lowest BCUT2D eigenvalue weighted by Crippen LogP contribution is -2.10. The van der Waals surface area contributed by atoms with E-state index in [-0.39, 0.29) is 22.9 Å². The Morgan fingerprint density at radius 2 is 0.927 bits per heavy atom. The number of ether oxygens (including phenoxy) is 2. The van der Waals surface area contributed by atoms with Crippen molar-refractivity contribution in [3.8, 4) is 11.5 Å². The molecule has 0 spiro atoms. The maximum absolute atomic E-state index is 13.0. The number of anilines is 2. The van der Waals surface area contributed by atoms with Gasteiger partial charge in [0.15, 0.2) is 0 Å². The van der Waals surface area contributed by atoms with Crippen LogP contribution in [0.1, 0.15) is 43.0 Å². The van der Waals surface area contributed by atoms with Crippen molar-refractivity contribution >= 4 is 47.1 Å². The van der Waals surface area contributed by atoms with E-state index in [9.17, 15) is 29.8 Å². The third kappa shape index (κ3) is 10.1. The first kappa shape index (κ1) is 36.8. The lowest BCUT2D eigenvalue weighted by Gasteiger charge is -2.12. The van der Waals surface area contributed by atoms with Crippen LogP contribution in [-0.2, 0) is 6.42 Å². The second-order valence-corrected chi connectivity index (χ2v) is 11.8. The first-order chi connectivity index (χ1) is 26.7. The molecule has 0 amide bonds. The Morgan fingerprint density at radius 3 is 1.29 bits per heavy atom. The second kappa shape index (κ2) is 17.5. The van der Waals surface area contributed by atoms with E-state index in [2.05, 4.69) is 21.1 Å². The highest BCUT2D eigenvalue weighted by atomic mass is 16.6. The Kier molecular flexibility index (Phi) is 11.7. The molecule has 0 atom stereocenters. The minimum atomic E-state index is -0.557. The van der Waals surface area contributed by atoms with Gasteiger partial charge in [0, 0.05) is 35.4 Å². The predicted molar refractivity (Wildman–Crippen MR) is 207 cm³/mol. The maximum atomic E-state index is 13.0. The molecular weight excluding hydrogens is 704 g/mol. The van der Waals surface area contributed by atoms with Crippen molar-refractivity contribution in [3.05, 3.63) is 199 Å². The fraction of sp³-hybridized carbons (Fsp3) is 0.0244. The zero-order valence-corrected chi connectivity index (χ0v) is 28.8. The molecule has 272 valence electrons. The van der Waals surface area contributed by atoms with Crippen LogP contribution < -0.4 is 20.3 Å². The number of nitrogens with one attached hydrogen (secondary N) is 2. The predicted octanol–water partition coefficient (Wildman–Crippen LogP) is 8.42. The highest BCUT2D eigenvalue weighted by Crippen LogP contribution is 2.26. The number of benzene rings is 6. The van der Waals surface area contributed by atoms with Gasteiger partial charge in [0.1, 0.15) is 11.5 Å². The van der Waals surface area contributed by atoms with Gasteiger partial charge in [0.05, 0.1) is 44.8 Å². The molecule has 6 aromatic carbocycles. The van der Waals surface area contributed by atoms with Crippen LogP contribution >= 0.6 is 0 Å². The number of esters is 2. The molecule has 0 heterocycles. The van der Waals surface area contributed by atoms with Crippen molar-refractivity contribution < 1.29 is 28.9 Å². The summed E-state index contributed by atoms with van der Waals surface area (Å²) < 4.78 is 11.5. The smallest absolute Gasteiger partial charge is 0.343 e. The van der Waals surface area contributed by atoms with Crippen molar-refractivity contribution in [2.45, 2.75) is 6.42 Å². The molecule has 0 saturated carbocycles. The molecule has 14 nitrogen and oxygen atoms in total. The summed E-state index contributed by atoms with van der Waals surface area (Å²) in [5.41, 5.74) is 9.87. The van der Waals surface area contributed by atoms with E-state index in [0.717, 1.165) is 11.1 Å². The average Bonchev–Trinajstić information content (AvgIpc) is 3.20. The average molecular weight is 735 g/mol. The molecule has 0 radical (unpaired) electrons. The summed E-state index contributed by atoms with van der Waals surface area (Å²) in [6.07, 6.45) is 3.35. The number of carbonyl (C=O) groups is 2. The van der Waals surface area contributed by atoms with Crippen LogP contribution in [0.2, 0.25) is 0 Å². The Hall–Kier alpha value is -8.00. The zero-order valence-electron chi connectivity index (χ0n) is 28.8. The topological polar surface area (TPSA) is 188 Å². The van der Waals surface area contributed by atoms with Gasteiger partial charge in [-0.05, 0) is 90.3 Å². The monoisotopic (exact) mass is 734 g/mol. The van der Waals surface area contributed by atoms with Gasteiger partial charge in [-0.1, -0.05) is 48.5 Å². The van der Waals surface area contributed by atoms with Crippen LogP contribution in [0.25, 0.3) is 0 Å². The Bertz CT molecular complexity index is 2220. The van der Waals surface area contributed by atoms with E-state index in [1.165, 1.54) is 61.0 Å². The molecule has 0 bridgehead atoms. The summed E-state index contributed by atoms with van der Waals surface area (Å²) in [4.78, 5) is 47.0. The molecule has 0 aliphatic rings.